The average molecular weight is 198 g/mol. The minimum atomic E-state index is 0.532. The molecule has 3 heteroatoms. The minimum absolute atomic E-state index is 0.532. The van der Waals surface area contributed by atoms with Crippen molar-refractivity contribution in [3.05, 3.63) is 0 Å². The Hall–Kier alpha value is -0.120. The molecule has 0 radical (unpaired) electrons. The highest BCUT2D eigenvalue weighted by molar-refractivity contribution is 4.80. The summed E-state index contributed by atoms with van der Waals surface area (Å²) in [5.74, 6) is 0.790. The summed E-state index contributed by atoms with van der Waals surface area (Å²) < 4.78 is 5.71. The van der Waals surface area contributed by atoms with Crippen LogP contribution in [0.4, 0.5) is 0 Å². The molecule has 3 nitrogen and oxygen atoms in total. The Labute approximate surface area is 86.8 Å². The number of hydrogen-bond donors (Lipinski definition) is 1. The molecular weight excluding hydrogens is 176 g/mol. The third-order valence-corrected chi connectivity index (χ3v) is 3.45. The first-order chi connectivity index (χ1) is 6.90. The Bertz CT molecular complexity index is 169. The summed E-state index contributed by atoms with van der Waals surface area (Å²) >= 11 is 0. The molecule has 82 valence electrons. The van der Waals surface area contributed by atoms with E-state index in [0.717, 1.165) is 25.6 Å². The van der Waals surface area contributed by atoms with E-state index < -0.39 is 0 Å². The van der Waals surface area contributed by atoms with Crippen LogP contribution in [0.5, 0.6) is 0 Å². The van der Waals surface area contributed by atoms with Crippen LogP contribution in [-0.2, 0) is 4.74 Å². The number of ether oxygens (including phenoxy) is 1. The van der Waals surface area contributed by atoms with E-state index in [4.69, 9.17) is 4.74 Å². The Morgan fingerprint density at radius 1 is 1.36 bits per heavy atom. The highest BCUT2D eigenvalue weighted by Crippen LogP contribution is 2.24. The molecule has 2 rings (SSSR count). The van der Waals surface area contributed by atoms with E-state index in [1.807, 2.05) is 0 Å². The van der Waals surface area contributed by atoms with Crippen molar-refractivity contribution in [2.45, 2.75) is 25.9 Å². The van der Waals surface area contributed by atoms with Gasteiger partial charge in [0.1, 0.15) is 0 Å². The van der Waals surface area contributed by atoms with Crippen molar-refractivity contribution in [1.29, 1.82) is 0 Å². The van der Waals surface area contributed by atoms with Gasteiger partial charge < -0.3 is 15.0 Å². The average Bonchev–Trinajstić information content (AvgIpc) is 2.67. The van der Waals surface area contributed by atoms with Crippen molar-refractivity contribution in [2.24, 2.45) is 5.92 Å². The predicted molar refractivity (Wildman–Crippen MR) is 57.4 cm³/mol. The molecule has 0 spiro atoms. The zero-order valence-corrected chi connectivity index (χ0v) is 9.17. The molecule has 1 N–H and O–H groups in total. The molecule has 2 unspecified atom stereocenters. The molecule has 14 heavy (non-hydrogen) atoms. The summed E-state index contributed by atoms with van der Waals surface area (Å²) in [5.41, 5.74) is 0. The number of rotatable bonds is 3. The van der Waals surface area contributed by atoms with Crippen LogP contribution < -0.4 is 5.32 Å². The summed E-state index contributed by atoms with van der Waals surface area (Å²) in [6, 6.07) is 0. The van der Waals surface area contributed by atoms with E-state index in [9.17, 15) is 0 Å². The first-order valence-corrected chi connectivity index (χ1v) is 5.95. The third kappa shape index (κ3) is 2.47. The smallest absolute Gasteiger partial charge is 0.0613 e. The SMILES string of the molecule is CCC1OCCC1CN1CCNCC1. The number of hydrogen-bond acceptors (Lipinski definition) is 3. The van der Waals surface area contributed by atoms with E-state index in [-0.39, 0.29) is 0 Å². The topological polar surface area (TPSA) is 24.5 Å². The summed E-state index contributed by atoms with van der Waals surface area (Å²) in [6.07, 6.45) is 2.98. The minimum Gasteiger partial charge on any atom is -0.378 e. The standard InChI is InChI=1S/C11H22N2O/c1-2-11-10(3-8-14-11)9-13-6-4-12-5-7-13/h10-12H,2-9H2,1H3. The van der Waals surface area contributed by atoms with E-state index in [1.54, 1.807) is 0 Å². The van der Waals surface area contributed by atoms with Crippen molar-refractivity contribution in [3.8, 4) is 0 Å². The van der Waals surface area contributed by atoms with Gasteiger partial charge in [-0.05, 0) is 18.8 Å². The lowest BCUT2D eigenvalue weighted by molar-refractivity contribution is 0.0736. The van der Waals surface area contributed by atoms with E-state index in [0.29, 0.717) is 6.10 Å². The van der Waals surface area contributed by atoms with Gasteiger partial charge in [0.25, 0.3) is 0 Å². The Morgan fingerprint density at radius 2 is 2.14 bits per heavy atom. The Morgan fingerprint density at radius 3 is 2.86 bits per heavy atom. The summed E-state index contributed by atoms with van der Waals surface area (Å²) in [7, 11) is 0. The van der Waals surface area contributed by atoms with Crippen molar-refractivity contribution in [2.75, 3.05) is 39.3 Å². The molecular formula is C11H22N2O. The highest BCUT2D eigenvalue weighted by Gasteiger charge is 2.28. The van der Waals surface area contributed by atoms with Crippen LogP contribution in [0, 0.1) is 5.92 Å². The van der Waals surface area contributed by atoms with Crippen LogP contribution in [0.15, 0.2) is 0 Å². The van der Waals surface area contributed by atoms with Crippen LogP contribution in [0.1, 0.15) is 19.8 Å². The lowest BCUT2D eigenvalue weighted by Gasteiger charge is -2.30. The summed E-state index contributed by atoms with van der Waals surface area (Å²) in [5, 5.41) is 3.39. The van der Waals surface area contributed by atoms with Crippen LogP contribution in [-0.4, -0.2) is 50.3 Å². The quantitative estimate of drug-likeness (QED) is 0.723. The van der Waals surface area contributed by atoms with Gasteiger partial charge in [0.15, 0.2) is 0 Å². The summed E-state index contributed by atoms with van der Waals surface area (Å²) in [4.78, 5) is 2.58. The maximum Gasteiger partial charge on any atom is 0.0613 e. The normalized spacial score (nSPS) is 34.9. The van der Waals surface area contributed by atoms with E-state index >= 15 is 0 Å². The zero-order chi connectivity index (χ0) is 9.80. The second-order valence-corrected chi connectivity index (χ2v) is 4.42. The molecule has 0 saturated carbocycles. The first-order valence-electron chi connectivity index (χ1n) is 5.95. The Kier molecular flexibility index (Phi) is 3.79. The van der Waals surface area contributed by atoms with Gasteiger partial charge in [-0.15, -0.1) is 0 Å². The molecule has 2 heterocycles. The molecule has 0 aromatic heterocycles. The fourth-order valence-electron chi connectivity index (χ4n) is 2.58. The molecule has 2 fully saturated rings. The predicted octanol–water partition coefficient (Wildman–Crippen LogP) is 0.707. The van der Waals surface area contributed by atoms with Gasteiger partial charge in [-0.1, -0.05) is 6.92 Å². The fourth-order valence-corrected chi connectivity index (χ4v) is 2.58. The monoisotopic (exact) mass is 198 g/mol. The number of nitrogens with zero attached hydrogens (tertiary/aromatic N) is 1. The van der Waals surface area contributed by atoms with Gasteiger partial charge in [0.2, 0.25) is 0 Å². The van der Waals surface area contributed by atoms with Crippen molar-refractivity contribution in [3.63, 3.8) is 0 Å². The second-order valence-electron chi connectivity index (χ2n) is 4.42. The summed E-state index contributed by atoms with van der Waals surface area (Å²) in [6.45, 7) is 9.21. The lowest BCUT2D eigenvalue weighted by atomic mass is 9.99. The van der Waals surface area contributed by atoms with Gasteiger partial charge in [-0.2, -0.15) is 0 Å². The largest absolute Gasteiger partial charge is 0.378 e. The van der Waals surface area contributed by atoms with E-state index in [1.165, 1.54) is 32.5 Å². The maximum absolute atomic E-state index is 5.71. The lowest BCUT2D eigenvalue weighted by Crippen LogP contribution is -2.46. The van der Waals surface area contributed by atoms with E-state index in [2.05, 4.69) is 17.1 Å². The third-order valence-electron chi connectivity index (χ3n) is 3.45. The van der Waals surface area contributed by atoms with Crippen LogP contribution in [0.25, 0.3) is 0 Å². The molecule has 2 saturated heterocycles. The molecule has 0 aromatic rings. The molecule has 2 aliphatic heterocycles. The highest BCUT2D eigenvalue weighted by atomic mass is 16.5. The van der Waals surface area contributed by atoms with Crippen LogP contribution in [0.2, 0.25) is 0 Å². The van der Waals surface area contributed by atoms with Gasteiger partial charge in [-0.3, -0.25) is 0 Å². The number of piperazine rings is 1. The zero-order valence-electron chi connectivity index (χ0n) is 9.17. The van der Waals surface area contributed by atoms with Crippen molar-refractivity contribution in [1.82, 2.24) is 10.2 Å². The fraction of sp³-hybridized carbons (Fsp3) is 1.00. The Balaban J connectivity index is 1.77. The van der Waals surface area contributed by atoms with Gasteiger partial charge in [-0.25, -0.2) is 0 Å². The van der Waals surface area contributed by atoms with Gasteiger partial charge in [0, 0.05) is 39.3 Å². The second kappa shape index (κ2) is 5.10. The van der Waals surface area contributed by atoms with Crippen LogP contribution in [0.3, 0.4) is 0 Å². The molecule has 0 aromatic carbocycles. The molecule has 2 atom stereocenters. The first kappa shape index (κ1) is 10.4. The van der Waals surface area contributed by atoms with Gasteiger partial charge >= 0.3 is 0 Å². The van der Waals surface area contributed by atoms with Gasteiger partial charge in [0.05, 0.1) is 6.10 Å². The molecule has 0 bridgehead atoms. The number of nitrogens with one attached hydrogen (secondary N) is 1. The van der Waals surface area contributed by atoms with Crippen LogP contribution >= 0.6 is 0 Å². The van der Waals surface area contributed by atoms with Crippen molar-refractivity contribution < 1.29 is 4.74 Å². The maximum atomic E-state index is 5.71. The molecule has 0 amide bonds. The molecule has 0 aliphatic carbocycles. The molecule has 2 aliphatic rings. The van der Waals surface area contributed by atoms with Crippen molar-refractivity contribution >= 4 is 0 Å².